The fraction of sp³-hybridized carbons (Fsp3) is 0.535. The summed E-state index contributed by atoms with van der Waals surface area (Å²) >= 11 is 2.61. The average Bonchev–Trinajstić information content (AvgIpc) is 1.65. The van der Waals surface area contributed by atoms with Crippen LogP contribution in [0.2, 0.25) is 0 Å². The van der Waals surface area contributed by atoms with E-state index in [2.05, 4.69) is 330 Å². The SMILES string of the molecule is Cc1[se]c(C(C)(C)C)c(C)c1C.Cc1[te]c(C(C)(C)C)c(C)c1C.Cc1c(C(C)(C)C)[se]c2ccccc12.Cc1c(C(C)(C)C)oc2ccccc12.Cc1c[se]c(C(C)(C)C)c1C.Cc1c[te]c(C(C)(C)C)c1C.Cc1cc[se]c1C(C)(C)C.Cc1cc[te]c1C(C)(C)C. The number of furan rings is 1. The van der Waals surface area contributed by atoms with E-state index in [4.69, 9.17) is 4.42 Å². The molecule has 520 valence electrons. The van der Waals surface area contributed by atoms with Crippen LogP contribution < -0.4 is 0 Å². The minimum absolute atomic E-state index is 0.0220. The van der Waals surface area contributed by atoms with Gasteiger partial charge < -0.3 is 4.42 Å². The standard InChI is InChI=1S/C13H16O.C13H16Se.C11H18Se.C11H18Te.C10H16Se.C10H16Te.C9H14Se.C9H14Te/c2*1-9-10-7-5-6-8-11(10)14-12(9)13(2,3)4;2*1-7-8(2)10(11(4,5)6)12-9(7)3;2*1-7-6-11-9(8(7)2)10(3,4)5;2*1-7-5-6-10-8(7)9(2,3)4/h2*5-8H,1-4H3;2*1-6H3;2*6H,1-5H3;2*5-6H,1-4H3. The molecule has 1 nitrogen and oxygen atoms in total. The third-order valence-electron chi connectivity index (χ3n) is 16.8. The average molecular weight is 1880 g/mol. The summed E-state index contributed by atoms with van der Waals surface area (Å²) in [7, 11) is 0. The van der Waals surface area contributed by atoms with Crippen LogP contribution in [0.1, 0.15) is 275 Å². The van der Waals surface area contributed by atoms with Crippen LogP contribution in [0, 0.1) is 96.9 Å². The third kappa shape index (κ3) is 25.2. The molecule has 0 fully saturated rings. The fourth-order valence-corrected chi connectivity index (χ4v) is 31.0. The Hall–Kier alpha value is -0.953. The van der Waals surface area contributed by atoms with Gasteiger partial charge in [-0.05, 0) is 18.6 Å². The van der Waals surface area contributed by atoms with E-state index in [0.717, 1.165) is 11.3 Å². The number of hydrogen-bond acceptors (Lipinski definition) is 1. The molecule has 10 aromatic rings. The summed E-state index contributed by atoms with van der Waals surface area (Å²) in [5.74, 6) is 1.10. The molecular formula is C86H128OSe4Te3. The van der Waals surface area contributed by atoms with E-state index in [0.29, 0.717) is 95.9 Å². The molecule has 0 aliphatic carbocycles. The molecule has 0 saturated heterocycles. The van der Waals surface area contributed by atoms with Gasteiger partial charge in [-0.3, -0.25) is 0 Å². The van der Waals surface area contributed by atoms with Gasteiger partial charge in [-0.1, -0.05) is 39.0 Å². The Morgan fingerprint density at radius 1 is 0.330 bits per heavy atom. The Labute approximate surface area is 631 Å². The number of fused-ring (bicyclic) bond motifs is 2. The predicted molar refractivity (Wildman–Crippen MR) is 433 cm³/mol. The predicted octanol–water partition coefficient (Wildman–Crippen LogP) is 23.5. The van der Waals surface area contributed by atoms with Crippen molar-refractivity contribution >= 4 is 140 Å². The van der Waals surface area contributed by atoms with Crippen LogP contribution in [0.5, 0.6) is 0 Å². The number of rotatable bonds is 0. The van der Waals surface area contributed by atoms with Gasteiger partial charge >= 0.3 is 554 Å². The van der Waals surface area contributed by atoms with Gasteiger partial charge in [0, 0.05) is 10.8 Å². The van der Waals surface area contributed by atoms with Crippen molar-refractivity contribution in [3.63, 3.8) is 0 Å². The van der Waals surface area contributed by atoms with Gasteiger partial charge in [-0.2, -0.15) is 0 Å². The van der Waals surface area contributed by atoms with Crippen molar-refractivity contribution in [3.05, 3.63) is 188 Å². The van der Waals surface area contributed by atoms with Crippen LogP contribution in [-0.4, -0.2) is 119 Å². The zero-order valence-corrected chi connectivity index (χ0v) is 80.2. The molecule has 0 bridgehead atoms. The first-order chi connectivity index (χ1) is 42.6. The molecule has 8 heteroatoms. The molecule has 0 N–H and O–H groups in total. The van der Waals surface area contributed by atoms with E-state index in [9.17, 15) is 0 Å². The molecule has 0 aliphatic heterocycles. The van der Waals surface area contributed by atoms with Gasteiger partial charge in [0.05, 0.1) is 0 Å². The Morgan fingerprint density at radius 3 is 1.11 bits per heavy atom. The fourth-order valence-electron chi connectivity index (χ4n) is 11.5. The van der Waals surface area contributed by atoms with Crippen molar-refractivity contribution in [1.82, 2.24) is 0 Å². The van der Waals surface area contributed by atoms with Crippen molar-refractivity contribution in [3.8, 4) is 0 Å². The molecule has 0 amide bonds. The molecule has 8 aromatic heterocycles. The van der Waals surface area contributed by atoms with Crippen LogP contribution in [0.15, 0.2) is 83.1 Å². The first-order valence-corrected chi connectivity index (χ1v) is 48.3. The van der Waals surface area contributed by atoms with Gasteiger partial charge in [0.2, 0.25) is 0 Å². The molecule has 0 radical (unpaired) electrons. The normalized spacial score (nSPS) is 12.1. The first-order valence-electron chi connectivity index (χ1n) is 33.9. The molecule has 0 aliphatic rings. The van der Waals surface area contributed by atoms with Crippen LogP contribution in [0.3, 0.4) is 0 Å². The molecule has 0 saturated carbocycles. The Morgan fingerprint density at radius 2 is 0.819 bits per heavy atom. The Bertz CT molecular complexity index is 3700. The second-order valence-electron chi connectivity index (χ2n) is 34.2. The molecule has 8 heterocycles. The Balaban J connectivity index is 0.000000281. The van der Waals surface area contributed by atoms with Crippen molar-refractivity contribution < 1.29 is 4.42 Å². The monoisotopic (exact) mass is 1890 g/mol. The van der Waals surface area contributed by atoms with E-state index in [-0.39, 0.29) is 66.7 Å². The van der Waals surface area contributed by atoms with Gasteiger partial charge in [0.25, 0.3) is 0 Å². The topological polar surface area (TPSA) is 13.1 Å². The first kappa shape index (κ1) is 87.3. The van der Waals surface area contributed by atoms with Crippen LogP contribution in [0.4, 0.5) is 0 Å². The van der Waals surface area contributed by atoms with Crippen molar-refractivity contribution in [1.29, 1.82) is 0 Å². The van der Waals surface area contributed by atoms with Gasteiger partial charge in [-0.25, -0.2) is 0 Å². The number of para-hydroxylation sites is 1. The summed E-state index contributed by atoms with van der Waals surface area (Å²) in [4.78, 5) is 4.70. The molecule has 2 aromatic carbocycles. The van der Waals surface area contributed by atoms with E-state index in [1.807, 2.05) is 12.1 Å². The molecular weight excluding hydrogens is 1750 g/mol. The van der Waals surface area contributed by atoms with E-state index in [1.54, 1.807) is 68.6 Å². The second-order valence-corrected chi connectivity index (χ2v) is 51.4. The van der Waals surface area contributed by atoms with E-state index >= 15 is 0 Å². The van der Waals surface area contributed by atoms with Crippen molar-refractivity contribution in [2.75, 3.05) is 0 Å². The van der Waals surface area contributed by atoms with Gasteiger partial charge in [0.15, 0.2) is 0 Å². The van der Waals surface area contributed by atoms with Crippen molar-refractivity contribution in [2.24, 2.45) is 0 Å². The van der Waals surface area contributed by atoms with Crippen LogP contribution in [-0.2, 0) is 43.3 Å². The molecule has 10 rings (SSSR count). The zero-order chi connectivity index (χ0) is 72.6. The summed E-state index contributed by atoms with van der Waals surface area (Å²) in [5, 5.41) is 2.72. The number of hydrogen-bond donors (Lipinski definition) is 0. The van der Waals surface area contributed by atoms with Crippen LogP contribution >= 0.6 is 0 Å². The van der Waals surface area contributed by atoms with Crippen molar-refractivity contribution in [2.45, 2.75) is 306 Å². The zero-order valence-electron chi connectivity index (χ0n) is 66.3. The summed E-state index contributed by atoms with van der Waals surface area (Å²) in [6, 6.07) is 21.6. The van der Waals surface area contributed by atoms with Gasteiger partial charge in [-0.15, -0.1) is 0 Å². The van der Waals surface area contributed by atoms with Gasteiger partial charge in [0.1, 0.15) is 11.3 Å². The number of aryl methyl sites for hydroxylation is 8. The maximum atomic E-state index is 5.86. The van der Waals surface area contributed by atoms with E-state index in [1.165, 1.54) is 49.7 Å². The summed E-state index contributed by atoms with van der Waals surface area (Å²) in [6.45, 7) is 86.6. The maximum absolute atomic E-state index is 5.86. The van der Waals surface area contributed by atoms with Crippen LogP contribution in [0.25, 0.3) is 20.6 Å². The van der Waals surface area contributed by atoms with E-state index < -0.39 is 0 Å². The minimum atomic E-state index is 0.0220. The quantitative estimate of drug-likeness (QED) is 0.138. The molecule has 0 atom stereocenters. The Kier molecular flexibility index (Phi) is 32.8. The summed E-state index contributed by atoms with van der Waals surface area (Å²) in [5.41, 5.74) is 22.0. The second kappa shape index (κ2) is 35.3. The molecule has 0 spiro atoms. The summed E-state index contributed by atoms with van der Waals surface area (Å²) in [6.07, 6.45) is 0. The number of benzene rings is 2. The molecule has 0 unspecified atom stereocenters. The summed E-state index contributed by atoms with van der Waals surface area (Å²) < 4.78 is 27.4. The molecule has 94 heavy (non-hydrogen) atoms. The third-order valence-corrected chi connectivity index (χ3v) is 44.2.